The van der Waals surface area contributed by atoms with Gasteiger partial charge in [-0.2, -0.15) is 0 Å². The van der Waals surface area contributed by atoms with E-state index in [1.807, 2.05) is 26.0 Å². The minimum absolute atomic E-state index is 0.233. The number of ether oxygens (including phenoxy) is 1. The van der Waals surface area contributed by atoms with Crippen LogP contribution >= 0.6 is 34.8 Å². The molecule has 1 aromatic heterocycles. The second kappa shape index (κ2) is 8.87. The molecule has 0 unspecified atom stereocenters. The SMILES string of the molecule is Cc1cc(OCc2ccc(/C=C/C(=O)c3ccc(Cl)cc3Cl)o2)cc(C)c1Cl. The Balaban J connectivity index is 1.64. The van der Waals surface area contributed by atoms with Gasteiger partial charge >= 0.3 is 0 Å². The van der Waals surface area contributed by atoms with Gasteiger partial charge in [-0.1, -0.05) is 34.8 Å². The third-order valence-corrected chi connectivity index (χ3v) is 5.21. The summed E-state index contributed by atoms with van der Waals surface area (Å²) in [6.45, 7) is 4.13. The van der Waals surface area contributed by atoms with Crippen LogP contribution in [0.3, 0.4) is 0 Å². The highest BCUT2D eigenvalue weighted by molar-refractivity contribution is 6.37. The van der Waals surface area contributed by atoms with Gasteiger partial charge in [-0.3, -0.25) is 4.79 Å². The van der Waals surface area contributed by atoms with Crippen molar-refractivity contribution in [3.05, 3.63) is 91.8 Å². The Morgan fingerprint density at radius 1 is 1.04 bits per heavy atom. The van der Waals surface area contributed by atoms with Crippen LogP contribution in [0.4, 0.5) is 0 Å². The monoisotopic (exact) mass is 434 g/mol. The number of benzene rings is 2. The lowest BCUT2D eigenvalue weighted by Crippen LogP contribution is -1.95. The van der Waals surface area contributed by atoms with Gasteiger partial charge in [0.1, 0.15) is 23.9 Å². The molecule has 0 bridgehead atoms. The highest BCUT2D eigenvalue weighted by Gasteiger charge is 2.09. The molecule has 0 fully saturated rings. The molecule has 0 aliphatic carbocycles. The van der Waals surface area contributed by atoms with Crippen molar-refractivity contribution in [1.29, 1.82) is 0 Å². The van der Waals surface area contributed by atoms with Crippen LogP contribution in [-0.2, 0) is 6.61 Å². The van der Waals surface area contributed by atoms with Crippen LogP contribution in [0.5, 0.6) is 5.75 Å². The first-order valence-corrected chi connectivity index (χ1v) is 9.62. The van der Waals surface area contributed by atoms with Gasteiger partial charge in [0.15, 0.2) is 5.78 Å². The van der Waals surface area contributed by atoms with Gasteiger partial charge in [-0.05, 0) is 79.6 Å². The topological polar surface area (TPSA) is 39.4 Å². The molecule has 3 rings (SSSR count). The van der Waals surface area contributed by atoms with Crippen LogP contribution in [0.15, 0.2) is 53.0 Å². The molecule has 0 radical (unpaired) electrons. The van der Waals surface area contributed by atoms with E-state index in [0.29, 0.717) is 27.1 Å². The van der Waals surface area contributed by atoms with E-state index < -0.39 is 0 Å². The summed E-state index contributed by atoms with van der Waals surface area (Å²) in [6.07, 6.45) is 3.00. The minimum Gasteiger partial charge on any atom is -0.486 e. The molecule has 2 aromatic carbocycles. The van der Waals surface area contributed by atoms with Crippen LogP contribution < -0.4 is 4.74 Å². The number of hydrogen-bond acceptors (Lipinski definition) is 3. The molecule has 0 N–H and O–H groups in total. The Morgan fingerprint density at radius 2 is 1.75 bits per heavy atom. The molecule has 0 saturated carbocycles. The van der Waals surface area contributed by atoms with E-state index in [1.54, 1.807) is 30.3 Å². The largest absolute Gasteiger partial charge is 0.486 e. The average molecular weight is 436 g/mol. The minimum atomic E-state index is -0.233. The van der Waals surface area contributed by atoms with Crippen molar-refractivity contribution in [3.63, 3.8) is 0 Å². The molecule has 0 amide bonds. The Hall–Kier alpha value is -2.20. The summed E-state index contributed by atoms with van der Waals surface area (Å²) in [5, 5.41) is 1.53. The van der Waals surface area contributed by atoms with E-state index in [9.17, 15) is 4.79 Å². The van der Waals surface area contributed by atoms with E-state index >= 15 is 0 Å². The molecular weight excluding hydrogens is 419 g/mol. The number of aryl methyl sites for hydroxylation is 2. The van der Waals surface area contributed by atoms with Crippen molar-refractivity contribution in [2.24, 2.45) is 0 Å². The van der Waals surface area contributed by atoms with Crippen molar-refractivity contribution >= 4 is 46.7 Å². The summed E-state index contributed by atoms with van der Waals surface area (Å²) in [5.74, 6) is 1.67. The molecule has 3 nitrogen and oxygen atoms in total. The maximum Gasteiger partial charge on any atom is 0.187 e. The standard InChI is InChI=1S/C22H17Cl3O3/c1-13-9-18(10-14(2)22(13)25)27-12-17-5-4-16(28-17)6-8-21(26)19-7-3-15(23)11-20(19)24/h3-11H,12H2,1-2H3/b8-6+. The van der Waals surface area contributed by atoms with Crippen LogP contribution in [0.25, 0.3) is 6.08 Å². The zero-order valence-electron chi connectivity index (χ0n) is 15.3. The summed E-state index contributed by atoms with van der Waals surface area (Å²) < 4.78 is 11.5. The predicted octanol–water partition coefficient (Wildman–Crippen LogP) is 7.33. The van der Waals surface area contributed by atoms with Gasteiger partial charge in [0, 0.05) is 15.6 Å². The number of allylic oxidation sites excluding steroid dienone is 1. The summed E-state index contributed by atoms with van der Waals surface area (Å²) in [6, 6.07) is 12.1. The quantitative estimate of drug-likeness (QED) is 0.300. The van der Waals surface area contributed by atoms with Gasteiger partial charge < -0.3 is 9.15 Å². The first kappa shape index (κ1) is 20.5. The normalized spacial score (nSPS) is 11.2. The molecule has 0 aliphatic heterocycles. The Labute approximate surface area is 178 Å². The molecule has 0 atom stereocenters. The zero-order chi connectivity index (χ0) is 20.3. The number of hydrogen-bond donors (Lipinski definition) is 0. The fourth-order valence-corrected chi connectivity index (χ4v) is 3.25. The Kier molecular flexibility index (Phi) is 6.50. The first-order valence-electron chi connectivity index (χ1n) is 8.49. The van der Waals surface area contributed by atoms with E-state index in [4.69, 9.17) is 44.0 Å². The van der Waals surface area contributed by atoms with Crippen LogP contribution in [0, 0.1) is 13.8 Å². The van der Waals surface area contributed by atoms with Gasteiger partial charge in [-0.25, -0.2) is 0 Å². The fourth-order valence-electron chi connectivity index (χ4n) is 2.64. The van der Waals surface area contributed by atoms with E-state index in [-0.39, 0.29) is 12.4 Å². The number of ketones is 1. The highest BCUT2D eigenvalue weighted by Crippen LogP contribution is 2.27. The molecule has 28 heavy (non-hydrogen) atoms. The number of carbonyl (C=O) groups is 1. The molecular formula is C22H17Cl3O3. The highest BCUT2D eigenvalue weighted by atomic mass is 35.5. The summed E-state index contributed by atoms with van der Waals surface area (Å²) in [7, 11) is 0. The summed E-state index contributed by atoms with van der Waals surface area (Å²) >= 11 is 18.1. The lowest BCUT2D eigenvalue weighted by Gasteiger charge is -2.08. The van der Waals surface area contributed by atoms with E-state index in [2.05, 4.69) is 0 Å². The van der Waals surface area contributed by atoms with Crippen molar-refractivity contribution < 1.29 is 13.9 Å². The number of carbonyl (C=O) groups excluding carboxylic acids is 1. The molecule has 0 saturated heterocycles. The summed E-state index contributed by atoms with van der Waals surface area (Å²) in [4.78, 5) is 12.3. The van der Waals surface area contributed by atoms with Crippen LogP contribution in [0.2, 0.25) is 15.1 Å². The Bertz CT molecular complexity index is 1030. The first-order chi connectivity index (χ1) is 13.3. The molecule has 0 spiro atoms. The van der Waals surface area contributed by atoms with Crippen molar-refractivity contribution in [1.82, 2.24) is 0 Å². The number of halogens is 3. The van der Waals surface area contributed by atoms with Crippen molar-refractivity contribution in [3.8, 4) is 5.75 Å². The second-order valence-electron chi connectivity index (χ2n) is 6.29. The van der Waals surface area contributed by atoms with Gasteiger partial charge in [0.25, 0.3) is 0 Å². The average Bonchev–Trinajstić information content (AvgIpc) is 3.10. The lowest BCUT2D eigenvalue weighted by atomic mass is 10.1. The molecule has 3 aromatic rings. The second-order valence-corrected chi connectivity index (χ2v) is 7.51. The molecule has 144 valence electrons. The smallest absolute Gasteiger partial charge is 0.187 e. The molecule has 0 aliphatic rings. The van der Waals surface area contributed by atoms with Gasteiger partial charge in [-0.15, -0.1) is 0 Å². The molecule has 6 heteroatoms. The lowest BCUT2D eigenvalue weighted by molar-refractivity contribution is 0.104. The van der Waals surface area contributed by atoms with Crippen LogP contribution in [0.1, 0.15) is 33.0 Å². The third kappa shape index (κ3) is 4.99. The maximum atomic E-state index is 12.3. The molecule has 1 heterocycles. The Morgan fingerprint density at radius 3 is 2.43 bits per heavy atom. The van der Waals surface area contributed by atoms with E-state index in [0.717, 1.165) is 21.9 Å². The van der Waals surface area contributed by atoms with Gasteiger partial charge in [0.2, 0.25) is 0 Å². The van der Waals surface area contributed by atoms with Crippen LogP contribution in [-0.4, -0.2) is 5.78 Å². The summed E-state index contributed by atoms with van der Waals surface area (Å²) in [5.41, 5.74) is 2.30. The number of rotatable bonds is 6. The van der Waals surface area contributed by atoms with Gasteiger partial charge in [0.05, 0.1) is 5.02 Å². The zero-order valence-corrected chi connectivity index (χ0v) is 17.5. The fraction of sp³-hybridized carbons (Fsp3) is 0.136. The van der Waals surface area contributed by atoms with Crippen molar-refractivity contribution in [2.75, 3.05) is 0 Å². The maximum absolute atomic E-state index is 12.3. The number of furan rings is 1. The predicted molar refractivity (Wildman–Crippen MR) is 114 cm³/mol. The van der Waals surface area contributed by atoms with E-state index in [1.165, 1.54) is 12.1 Å². The van der Waals surface area contributed by atoms with Crippen molar-refractivity contribution in [2.45, 2.75) is 20.5 Å². The third-order valence-electron chi connectivity index (χ3n) is 4.07.